The molecule has 1 aliphatic carbocycles. The summed E-state index contributed by atoms with van der Waals surface area (Å²) in [6, 6.07) is 7.75. The average Bonchev–Trinajstić information content (AvgIpc) is 2.40. The summed E-state index contributed by atoms with van der Waals surface area (Å²) in [5.74, 6) is -1.92. The zero-order chi connectivity index (χ0) is 15.1. The van der Waals surface area contributed by atoms with E-state index in [1.165, 1.54) is 0 Å². The molecule has 21 heavy (non-hydrogen) atoms. The fourth-order valence-corrected chi connectivity index (χ4v) is 3.37. The van der Waals surface area contributed by atoms with Gasteiger partial charge in [0.2, 0.25) is 0 Å². The van der Waals surface area contributed by atoms with Crippen molar-refractivity contribution in [1.82, 2.24) is 0 Å². The van der Waals surface area contributed by atoms with Gasteiger partial charge in [-0.15, -0.1) is 0 Å². The summed E-state index contributed by atoms with van der Waals surface area (Å²) in [6.45, 7) is 2.00. The zero-order valence-electron chi connectivity index (χ0n) is 11.4. The van der Waals surface area contributed by atoms with Crippen LogP contribution in [-0.4, -0.2) is 5.11 Å². The van der Waals surface area contributed by atoms with E-state index in [1.54, 1.807) is 0 Å². The summed E-state index contributed by atoms with van der Waals surface area (Å²) in [7, 11) is 0. The standard InChI is InChI=1S/C17H13BrF2O/c1-9-2-4-12-10(6-9)3-5-13(18)16(12)17-14(19)7-11(21)8-15(17)20/h2,4,6-8,21H,3,5H2,1H3. The van der Waals surface area contributed by atoms with Crippen LogP contribution in [0, 0.1) is 18.6 Å². The molecule has 0 atom stereocenters. The Labute approximate surface area is 130 Å². The van der Waals surface area contributed by atoms with Gasteiger partial charge in [0, 0.05) is 22.2 Å². The van der Waals surface area contributed by atoms with Crippen molar-refractivity contribution >= 4 is 21.5 Å². The number of aromatic hydroxyl groups is 1. The SMILES string of the molecule is Cc1ccc2c(c1)CCC(Br)=C2c1c(F)cc(O)cc1F. The van der Waals surface area contributed by atoms with Crippen molar-refractivity contribution < 1.29 is 13.9 Å². The van der Waals surface area contributed by atoms with E-state index in [2.05, 4.69) is 15.9 Å². The molecule has 0 bridgehead atoms. The Morgan fingerprint density at radius 2 is 1.71 bits per heavy atom. The summed E-state index contributed by atoms with van der Waals surface area (Å²) in [5.41, 5.74) is 3.48. The molecule has 0 aromatic heterocycles. The average molecular weight is 351 g/mol. The lowest BCUT2D eigenvalue weighted by molar-refractivity contribution is 0.459. The maximum Gasteiger partial charge on any atom is 0.137 e. The van der Waals surface area contributed by atoms with Crippen molar-refractivity contribution in [3.8, 4) is 5.75 Å². The van der Waals surface area contributed by atoms with Gasteiger partial charge < -0.3 is 5.11 Å². The normalized spacial score (nSPS) is 14.3. The van der Waals surface area contributed by atoms with Crippen molar-refractivity contribution in [2.45, 2.75) is 19.8 Å². The van der Waals surface area contributed by atoms with Crippen LogP contribution >= 0.6 is 15.9 Å². The number of phenols is 1. The topological polar surface area (TPSA) is 20.2 Å². The summed E-state index contributed by atoms with van der Waals surface area (Å²) in [5, 5.41) is 9.31. The molecule has 0 saturated heterocycles. The molecule has 0 amide bonds. The van der Waals surface area contributed by atoms with E-state index in [0.717, 1.165) is 39.7 Å². The van der Waals surface area contributed by atoms with Gasteiger partial charge in [0.15, 0.2) is 0 Å². The fraction of sp³-hybridized carbons (Fsp3) is 0.176. The van der Waals surface area contributed by atoms with Crippen LogP contribution in [0.4, 0.5) is 8.78 Å². The highest BCUT2D eigenvalue weighted by Gasteiger charge is 2.24. The summed E-state index contributed by atoms with van der Waals surface area (Å²) in [6.07, 6.45) is 1.54. The number of hydrogen-bond acceptors (Lipinski definition) is 1. The van der Waals surface area contributed by atoms with Gasteiger partial charge in [0.05, 0.1) is 5.56 Å². The first-order valence-electron chi connectivity index (χ1n) is 6.64. The molecule has 3 rings (SSSR count). The van der Waals surface area contributed by atoms with Crippen LogP contribution in [0.2, 0.25) is 0 Å². The number of halogens is 3. The summed E-state index contributed by atoms with van der Waals surface area (Å²) >= 11 is 3.45. The Balaban J connectivity index is 2.28. The molecule has 1 nitrogen and oxygen atoms in total. The van der Waals surface area contributed by atoms with E-state index in [0.29, 0.717) is 12.0 Å². The zero-order valence-corrected chi connectivity index (χ0v) is 13.0. The summed E-state index contributed by atoms with van der Waals surface area (Å²) in [4.78, 5) is 0. The molecule has 2 aromatic carbocycles. The lowest BCUT2D eigenvalue weighted by Gasteiger charge is -2.22. The first kappa shape index (κ1) is 14.3. The molecule has 0 spiro atoms. The number of hydrogen-bond donors (Lipinski definition) is 1. The highest BCUT2D eigenvalue weighted by molar-refractivity contribution is 9.11. The van der Waals surface area contributed by atoms with E-state index < -0.39 is 17.4 Å². The van der Waals surface area contributed by atoms with E-state index >= 15 is 0 Å². The lowest BCUT2D eigenvalue weighted by atomic mass is 9.85. The van der Waals surface area contributed by atoms with E-state index in [1.807, 2.05) is 25.1 Å². The van der Waals surface area contributed by atoms with Crippen LogP contribution in [0.15, 0.2) is 34.8 Å². The molecule has 0 fully saturated rings. The number of allylic oxidation sites excluding steroid dienone is 1. The largest absolute Gasteiger partial charge is 0.508 e. The van der Waals surface area contributed by atoms with Crippen molar-refractivity contribution in [3.05, 3.63) is 68.7 Å². The maximum absolute atomic E-state index is 14.2. The van der Waals surface area contributed by atoms with E-state index in [9.17, 15) is 13.9 Å². The van der Waals surface area contributed by atoms with Crippen LogP contribution < -0.4 is 0 Å². The van der Waals surface area contributed by atoms with E-state index in [4.69, 9.17) is 0 Å². The van der Waals surface area contributed by atoms with Crippen LogP contribution in [-0.2, 0) is 6.42 Å². The second kappa shape index (κ2) is 5.26. The van der Waals surface area contributed by atoms with Crippen molar-refractivity contribution in [2.75, 3.05) is 0 Å². The Bertz CT molecular complexity index is 742. The third-order valence-electron chi connectivity index (χ3n) is 3.69. The van der Waals surface area contributed by atoms with Gasteiger partial charge in [-0.05, 0) is 30.9 Å². The predicted octanol–water partition coefficient (Wildman–Crippen LogP) is 5.08. The van der Waals surface area contributed by atoms with Crippen molar-refractivity contribution in [3.63, 3.8) is 0 Å². The third-order valence-corrected chi connectivity index (χ3v) is 4.49. The van der Waals surface area contributed by atoms with Crippen LogP contribution in [0.25, 0.3) is 5.57 Å². The Kier molecular flexibility index (Phi) is 3.57. The molecule has 0 aliphatic heterocycles. The van der Waals surface area contributed by atoms with Gasteiger partial charge in [-0.2, -0.15) is 0 Å². The van der Waals surface area contributed by atoms with Gasteiger partial charge in [0.25, 0.3) is 0 Å². The Morgan fingerprint density at radius 3 is 2.38 bits per heavy atom. The van der Waals surface area contributed by atoms with Crippen LogP contribution in [0.1, 0.15) is 28.7 Å². The molecule has 4 heteroatoms. The number of rotatable bonds is 1. The highest BCUT2D eigenvalue weighted by Crippen LogP contribution is 2.41. The lowest BCUT2D eigenvalue weighted by Crippen LogP contribution is -2.07. The second-order valence-corrected chi connectivity index (χ2v) is 6.18. The molecule has 108 valence electrons. The quantitative estimate of drug-likeness (QED) is 0.760. The molecule has 2 aromatic rings. The third kappa shape index (κ3) is 2.48. The smallest absolute Gasteiger partial charge is 0.137 e. The first-order valence-corrected chi connectivity index (χ1v) is 7.43. The minimum absolute atomic E-state index is 0.0931. The van der Waals surface area contributed by atoms with Crippen molar-refractivity contribution in [1.29, 1.82) is 0 Å². The number of aryl methyl sites for hydroxylation is 2. The molecule has 1 aliphatic rings. The number of benzene rings is 2. The number of phenolic OH excluding ortho intramolecular Hbond substituents is 1. The first-order chi connectivity index (χ1) is 9.97. The maximum atomic E-state index is 14.2. The molecule has 0 saturated carbocycles. The summed E-state index contributed by atoms with van der Waals surface area (Å²) < 4.78 is 29.2. The Morgan fingerprint density at radius 1 is 1.05 bits per heavy atom. The molecule has 0 heterocycles. The molecule has 0 unspecified atom stereocenters. The minimum Gasteiger partial charge on any atom is -0.508 e. The van der Waals surface area contributed by atoms with E-state index in [-0.39, 0.29) is 5.56 Å². The van der Waals surface area contributed by atoms with Gasteiger partial charge in [-0.3, -0.25) is 0 Å². The Hall–Kier alpha value is -1.68. The molecular formula is C17H13BrF2O. The fourth-order valence-electron chi connectivity index (χ4n) is 2.76. The second-order valence-electron chi connectivity index (χ2n) is 5.22. The predicted molar refractivity (Wildman–Crippen MR) is 82.5 cm³/mol. The molecular weight excluding hydrogens is 338 g/mol. The van der Waals surface area contributed by atoms with Gasteiger partial charge in [0.1, 0.15) is 17.4 Å². The van der Waals surface area contributed by atoms with Crippen molar-refractivity contribution in [2.24, 2.45) is 0 Å². The van der Waals surface area contributed by atoms with Gasteiger partial charge in [-0.1, -0.05) is 39.7 Å². The van der Waals surface area contributed by atoms with Crippen LogP contribution in [0.5, 0.6) is 5.75 Å². The minimum atomic E-state index is -0.757. The molecule has 0 radical (unpaired) electrons. The molecule has 1 N–H and O–H groups in total. The number of fused-ring (bicyclic) bond motifs is 1. The van der Waals surface area contributed by atoms with Crippen LogP contribution in [0.3, 0.4) is 0 Å². The highest BCUT2D eigenvalue weighted by atomic mass is 79.9. The monoisotopic (exact) mass is 350 g/mol. The van der Waals surface area contributed by atoms with Gasteiger partial charge in [-0.25, -0.2) is 8.78 Å². The van der Waals surface area contributed by atoms with Gasteiger partial charge >= 0.3 is 0 Å².